The molecule has 0 saturated carbocycles. The molecule has 0 amide bonds. The van der Waals surface area contributed by atoms with Gasteiger partial charge in [-0.05, 0) is 59.9 Å². The monoisotopic (exact) mass is 409 g/mol. The Morgan fingerprint density at radius 1 is 1.12 bits per heavy atom. The van der Waals surface area contributed by atoms with Crippen molar-refractivity contribution in [2.75, 3.05) is 6.61 Å². The van der Waals surface area contributed by atoms with E-state index in [9.17, 15) is 0 Å². The predicted molar refractivity (Wildman–Crippen MR) is 107 cm³/mol. The highest BCUT2D eigenvalue weighted by Crippen LogP contribution is 2.31. The van der Waals surface area contributed by atoms with E-state index >= 15 is 0 Å². The van der Waals surface area contributed by atoms with Gasteiger partial charge in [0, 0.05) is 28.7 Å². The zero-order valence-corrected chi connectivity index (χ0v) is 16.5. The molecule has 0 atom stereocenters. The Morgan fingerprint density at radius 2 is 1.92 bits per heavy atom. The van der Waals surface area contributed by atoms with Crippen molar-refractivity contribution < 1.29 is 9.47 Å². The summed E-state index contributed by atoms with van der Waals surface area (Å²) in [6.45, 7) is 5.50. The topological polar surface area (TPSA) is 31.4 Å². The third kappa shape index (κ3) is 3.47. The molecule has 3 aromatic rings. The van der Waals surface area contributed by atoms with Gasteiger partial charge in [-0.2, -0.15) is 0 Å². The molecule has 4 heteroatoms. The second-order valence-corrected chi connectivity index (χ2v) is 7.55. The molecule has 2 heterocycles. The smallest absolute Gasteiger partial charge is 0.217 e. The highest BCUT2D eigenvalue weighted by Gasteiger charge is 2.14. The maximum absolute atomic E-state index is 5.89. The van der Waals surface area contributed by atoms with Gasteiger partial charge in [0.15, 0.2) is 0 Å². The van der Waals surface area contributed by atoms with Gasteiger partial charge in [-0.25, -0.2) is 4.98 Å². The molecule has 1 aliphatic heterocycles. The van der Waals surface area contributed by atoms with E-state index in [0.29, 0.717) is 12.5 Å². The Balaban J connectivity index is 1.55. The lowest BCUT2D eigenvalue weighted by molar-refractivity contribution is 0.290. The van der Waals surface area contributed by atoms with Crippen molar-refractivity contribution in [3.8, 4) is 22.8 Å². The Labute approximate surface area is 162 Å². The maximum Gasteiger partial charge on any atom is 0.217 e. The molecule has 0 spiro atoms. The van der Waals surface area contributed by atoms with Gasteiger partial charge in [0.2, 0.25) is 5.88 Å². The number of ether oxygens (including phenoxy) is 2. The molecular formula is C22H20BrNO2. The van der Waals surface area contributed by atoms with Crippen LogP contribution in [0.5, 0.6) is 11.6 Å². The zero-order chi connectivity index (χ0) is 18.1. The van der Waals surface area contributed by atoms with Crippen LogP contribution in [-0.2, 0) is 13.0 Å². The quantitative estimate of drug-likeness (QED) is 0.558. The molecule has 0 radical (unpaired) electrons. The first-order valence-corrected chi connectivity index (χ1v) is 9.50. The molecule has 0 N–H and O–H groups in total. The van der Waals surface area contributed by atoms with E-state index in [1.54, 1.807) is 0 Å². The number of hydrogen-bond acceptors (Lipinski definition) is 3. The van der Waals surface area contributed by atoms with Crippen LogP contribution in [0.25, 0.3) is 11.1 Å². The highest BCUT2D eigenvalue weighted by atomic mass is 79.9. The van der Waals surface area contributed by atoms with E-state index < -0.39 is 0 Å². The average Bonchev–Trinajstić information content (AvgIpc) is 3.07. The lowest BCUT2D eigenvalue weighted by Crippen LogP contribution is -1.98. The molecule has 0 unspecified atom stereocenters. The van der Waals surface area contributed by atoms with Crippen molar-refractivity contribution in [2.45, 2.75) is 26.9 Å². The molecule has 1 aliphatic rings. The SMILES string of the molecule is Cc1cc(Br)cc(C)c1-c1cccc(COc2cc3c(cn2)CCO3)c1. The molecule has 2 aromatic carbocycles. The largest absolute Gasteiger partial charge is 0.493 e. The lowest BCUT2D eigenvalue weighted by atomic mass is 9.95. The molecule has 26 heavy (non-hydrogen) atoms. The van der Waals surface area contributed by atoms with E-state index in [1.165, 1.54) is 22.3 Å². The Hall–Kier alpha value is -2.33. The summed E-state index contributed by atoms with van der Waals surface area (Å²) in [5.41, 5.74) is 7.27. The van der Waals surface area contributed by atoms with Gasteiger partial charge in [-0.1, -0.05) is 34.1 Å². The standard InChI is InChI=1S/C22H20BrNO2/c1-14-8-19(23)9-15(2)22(14)17-5-3-4-16(10-17)13-26-21-11-20-18(12-24-21)6-7-25-20/h3-5,8-12H,6-7,13H2,1-2H3. The van der Waals surface area contributed by atoms with Gasteiger partial charge in [-0.15, -0.1) is 0 Å². The van der Waals surface area contributed by atoms with Crippen molar-refractivity contribution in [3.05, 3.63) is 75.4 Å². The fourth-order valence-electron chi connectivity index (χ4n) is 3.46. The summed E-state index contributed by atoms with van der Waals surface area (Å²) in [4.78, 5) is 4.38. The van der Waals surface area contributed by atoms with Crippen molar-refractivity contribution in [3.63, 3.8) is 0 Å². The second kappa shape index (κ2) is 7.12. The van der Waals surface area contributed by atoms with Crippen LogP contribution in [0, 0.1) is 13.8 Å². The fourth-order valence-corrected chi connectivity index (χ4v) is 4.15. The Bertz CT molecular complexity index is 945. The number of hydrogen-bond donors (Lipinski definition) is 0. The summed E-state index contributed by atoms with van der Waals surface area (Å²) in [5.74, 6) is 1.50. The number of fused-ring (bicyclic) bond motifs is 1. The van der Waals surface area contributed by atoms with Crippen LogP contribution in [0.1, 0.15) is 22.3 Å². The second-order valence-electron chi connectivity index (χ2n) is 6.63. The van der Waals surface area contributed by atoms with Crippen LogP contribution in [-0.4, -0.2) is 11.6 Å². The third-order valence-electron chi connectivity index (χ3n) is 4.65. The molecule has 1 aromatic heterocycles. The summed E-state index contributed by atoms with van der Waals surface area (Å²) in [6, 6.07) is 14.7. The minimum absolute atomic E-state index is 0.480. The summed E-state index contributed by atoms with van der Waals surface area (Å²) < 4.78 is 12.6. The molecule has 3 nitrogen and oxygen atoms in total. The van der Waals surface area contributed by atoms with E-state index in [4.69, 9.17) is 9.47 Å². The van der Waals surface area contributed by atoms with Crippen LogP contribution < -0.4 is 9.47 Å². The predicted octanol–water partition coefficient (Wildman–Crippen LogP) is 5.64. The molecular weight excluding hydrogens is 390 g/mol. The average molecular weight is 410 g/mol. The zero-order valence-electron chi connectivity index (χ0n) is 14.9. The fraction of sp³-hybridized carbons (Fsp3) is 0.227. The minimum atomic E-state index is 0.480. The van der Waals surface area contributed by atoms with Gasteiger partial charge >= 0.3 is 0 Å². The summed E-state index contributed by atoms with van der Waals surface area (Å²) in [7, 11) is 0. The van der Waals surface area contributed by atoms with Crippen molar-refractivity contribution >= 4 is 15.9 Å². The molecule has 0 aliphatic carbocycles. The summed E-state index contributed by atoms with van der Waals surface area (Å²) >= 11 is 3.57. The van der Waals surface area contributed by atoms with Crippen LogP contribution in [0.3, 0.4) is 0 Å². The number of benzene rings is 2. The van der Waals surface area contributed by atoms with Crippen molar-refractivity contribution in [2.24, 2.45) is 0 Å². The van der Waals surface area contributed by atoms with E-state index in [2.05, 4.69) is 71.2 Å². The minimum Gasteiger partial charge on any atom is -0.493 e. The number of nitrogens with zero attached hydrogens (tertiary/aromatic N) is 1. The normalized spacial score (nSPS) is 12.6. The molecule has 0 saturated heterocycles. The van der Waals surface area contributed by atoms with Crippen LogP contribution >= 0.6 is 15.9 Å². The first-order valence-electron chi connectivity index (χ1n) is 8.71. The number of pyridine rings is 1. The van der Waals surface area contributed by atoms with Gasteiger partial charge in [0.05, 0.1) is 6.61 Å². The molecule has 132 valence electrons. The van der Waals surface area contributed by atoms with Gasteiger partial charge in [-0.3, -0.25) is 0 Å². The van der Waals surface area contributed by atoms with Crippen LogP contribution in [0.15, 0.2) is 53.1 Å². The van der Waals surface area contributed by atoms with Crippen LogP contribution in [0.4, 0.5) is 0 Å². The highest BCUT2D eigenvalue weighted by molar-refractivity contribution is 9.10. The number of aryl methyl sites for hydroxylation is 2. The van der Waals surface area contributed by atoms with Gasteiger partial charge in [0.25, 0.3) is 0 Å². The summed E-state index contributed by atoms with van der Waals surface area (Å²) in [5, 5.41) is 0. The first-order chi connectivity index (χ1) is 12.6. The first kappa shape index (κ1) is 17.1. The Kier molecular flexibility index (Phi) is 4.68. The molecule has 4 rings (SSSR count). The maximum atomic E-state index is 5.89. The van der Waals surface area contributed by atoms with E-state index in [0.717, 1.165) is 34.4 Å². The van der Waals surface area contributed by atoms with E-state index in [-0.39, 0.29) is 0 Å². The molecule has 0 bridgehead atoms. The van der Waals surface area contributed by atoms with Gasteiger partial charge < -0.3 is 9.47 Å². The number of halogens is 1. The van der Waals surface area contributed by atoms with Crippen LogP contribution in [0.2, 0.25) is 0 Å². The number of aromatic nitrogens is 1. The van der Waals surface area contributed by atoms with Crippen molar-refractivity contribution in [1.82, 2.24) is 4.98 Å². The third-order valence-corrected chi connectivity index (χ3v) is 5.11. The Morgan fingerprint density at radius 3 is 2.73 bits per heavy atom. The lowest BCUT2D eigenvalue weighted by Gasteiger charge is -2.13. The number of rotatable bonds is 4. The summed E-state index contributed by atoms with van der Waals surface area (Å²) in [6.07, 6.45) is 2.78. The van der Waals surface area contributed by atoms with Crippen molar-refractivity contribution in [1.29, 1.82) is 0 Å². The van der Waals surface area contributed by atoms with Gasteiger partial charge in [0.1, 0.15) is 12.4 Å². The van der Waals surface area contributed by atoms with E-state index in [1.807, 2.05) is 12.3 Å². The molecule has 0 fully saturated rings.